The third kappa shape index (κ3) is 9.35. The predicted octanol–water partition coefficient (Wildman–Crippen LogP) is 6.41. The first kappa shape index (κ1) is 32.7. The zero-order valence-electron chi connectivity index (χ0n) is 24.3. The van der Waals surface area contributed by atoms with Crippen LogP contribution in [0.5, 0.6) is 5.75 Å². The number of amides is 1. The molecule has 0 radical (unpaired) electrons. The second-order valence-electron chi connectivity index (χ2n) is 10.7. The van der Waals surface area contributed by atoms with Crippen LogP contribution in [0.25, 0.3) is 11.1 Å². The number of nitrogens with one attached hydrogen (secondary N) is 1. The van der Waals surface area contributed by atoms with Gasteiger partial charge in [-0.25, -0.2) is 0 Å². The highest BCUT2D eigenvalue weighted by Crippen LogP contribution is 2.31. The molecule has 0 saturated carbocycles. The molecule has 1 saturated heterocycles. The molecule has 1 aliphatic rings. The average Bonchev–Trinajstić information content (AvgIpc) is 3.30. The molecule has 1 amide bonds. The lowest BCUT2D eigenvalue weighted by molar-refractivity contribution is -0.140. The number of hydrogen-bond acceptors (Lipinski definition) is 5. The van der Waals surface area contributed by atoms with Gasteiger partial charge in [0.2, 0.25) is 5.91 Å². The summed E-state index contributed by atoms with van der Waals surface area (Å²) in [6.07, 6.45) is 6.54. The number of amidine groups is 1. The fourth-order valence-electron chi connectivity index (χ4n) is 5.48. The molecule has 42 heavy (non-hydrogen) atoms. The number of rotatable bonds is 15. The number of nitrogen functional groups attached to an aromatic ring is 1. The standard InChI is InChI=1S/C34H41N3O4.ClH/c1-40-32(38)13-7-3-6-12-29-23-30(37(34(29)39)22-8-11-25-9-4-2-5-10-25)24-41-31-20-18-27(19-21-31)26-14-16-28(17-15-26)33(35)36;/h2,4-5,9-10,14-21,29-30H,3,6-8,11-13,22-24H2,1H3,(H3,35,36);1H/t29-,30-;/m0./s1. The van der Waals surface area contributed by atoms with Crippen LogP contribution in [-0.2, 0) is 20.7 Å². The summed E-state index contributed by atoms with van der Waals surface area (Å²) in [5.41, 5.74) is 9.65. The Labute approximate surface area is 255 Å². The van der Waals surface area contributed by atoms with Gasteiger partial charge in [-0.2, -0.15) is 0 Å². The number of methoxy groups -OCH3 is 1. The number of halogens is 1. The van der Waals surface area contributed by atoms with Crippen molar-refractivity contribution in [3.05, 3.63) is 90.0 Å². The van der Waals surface area contributed by atoms with Crippen LogP contribution in [0.4, 0.5) is 0 Å². The summed E-state index contributed by atoms with van der Waals surface area (Å²) in [6.45, 7) is 1.18. The fourth-order valence-corrected chi connectivity index (χ4v) is 5.48. The summed E-state index contributed by atoms with van der Waals surface area (Å²) >= 11 is 0. The molecule has 0 aliphatic carbocycles. The molecule has 224 valence electrons. The van der Waals surface area contributed by atoms with E-state index in [9.17, 15) is 9.59 Å². The SMILES string of the molecule is COC(=O)CCCCC[C@H]1C[C@@H](COc2ccc(-c3ccc(C(=N)N)cc3)cc2)N(CCCc2ccccc2)C1=O.Cl. The number of carbonyl (C=O) groups is 2. The molecule has 1 fully saturated rings. The number of unbranched alkanes of at least 4 members (excludes halogenated alkanes) is 2. The first-order chi connectivity index (χ1) is 19.9. The minimum atomic E-state index is -0.178. The Bertz CT molecular complexity index is 1280. The Kier molecular flexibility index (Phi) is 12.9. The minimum Gasteiger partial charge on any atom is -0.491 e. The molecule has 4 rings (SSSR count). The maximum Gasteiger partial charge on any atom is 0.305 e. The summed E-state index contributed by atoms with van der Waals surface area (Å²) in [5.74, 6) is 0.878. The van der Waals surface area contributed by atoms with Gasteiger partial charge in [0.15, 0.2) is 0 Å². The van der Waals surface area contributed by atoms with Crippen molar-refractivity contribution >= 4 is 30.1 Å². The van der Waals surface area contributed by atoms with Gasteiger partial charge in [-0.05, 0) is 60.9 Å². The van der Waals surface area contributed by atoms with E-state index in [0.717, 1.165) is 68.4 Å². The Morgan fingerprint density at radius 2 is 1.60 bits per heavy atom. The topological polar surface area (TPSA) is 106 Å². The quantitative estimate of drug-likeness (QED) is 0.0919. The number of hydrogen-bond donors (Lipinski definition) is 2. The van der Waals surface area contributed by atoms with Gasteiger partial charge in [-0.1, -0.05) is 79.6 Å². The number of nitrogens with two attached hydrogens (primary N) is 1. The normalized spacial score (nSPS) is 16.1. The van der Waals surface area contributed by atoms with Gasteiger partial charge >= 0.3 is 5.97 Å². The van der Waals surface area contributed by atoms with Gasteiger partial charge < -0.3 is 20.1 Å². The van der Waals surface area contributed by atoms with E-state index in [2.05, 4.69) is 24.3 Å². The van der Waals surface area contributed by atoms with Crippen molar-refractivity contribution < 1.29 is 19.1 Å². The van der Waals surface area contributed by atoms with E-state index in [-0.39, 0.29) is 42.1 Å². The van der Waals surface area contributed by atoms with Crippen molar-refractivity contribution in [3.63, 3.8) is 0 Å². The van der Waals surface area contributed by atoms with Gasteiger partial charge in [0.25, 0.3) is 0 Å². The van der Waals surface area contributed by atoms with Crippen LogP contribution in [0.2, 0.25) is 0 Å². The smallest absolute Gasteiger partial charge is 0.305 e. The van der Waals surface area contributed by atoms with Crippen LogP contribution in [0.1, 0.15) is 56.1 Å². The molecule has 3 N–H and O–H groups in total. The summed E-state index contributed by atoms with van der Waals surface area (Å²) in [6, 6.07) is 26.0. The summed E-state index contributed by atoms with van der Waals surface area (Å²) in [5, 5.41) is 7.56. The summed E-state index contributed by atoms with van der Waals surface area (Å²) in [7, 11) is 1.41. The second-order valence-corrected chi connectivity index (χ2v) is 10.7. The molecular weight excluding hydrogens is 550 g/mol. The number of nitrogens with zero attached hydrogens (tertiary/aromatic N) is 1. The van der Waals surface area contributed by atoms with Crippen LogP contribution in [0.3, 0.4) is 0 Å². The molecule has 3 aromatic carbocycles. The number of likely N-dealkylation sites (tertiary alicyclic amines) is 1. The molecule has 1 heterocycles. The molecule has 0 spiro atoms. The lowest BCUT2D eigenvalue weighted by Gasteiger charge is -2.25. The molecule has 8 heteroatoms. The number of aryl methyl sites for hydroxylation is 1. The highest BCUT2D eigenvalue weighted by Gasteiger charge is 2.38. The third-order valence-corrected chi connectivity index (χ3v) is 7.82. The highest BCUT2D eigenvalue weighted by molar-refractivity contribution is 5.95. The number of benzene rings is 3. The largest absolute Gasteiger partial charge is 0.491 e. The average molecular weight is 592 g/mol. The van der Waals surface area contributed by atoms with E-state index < -0.39 is 0 Å². The molecular formula is C34H42ClN3O4. The first-order valence-electron chi connectivity index (χ1n) is 14.5. The molecule has 7 nitrogen and oxygen atoms in total. The Morgan fingerprint density at radius 1 is 0.929 bits per heavy atom. The Hall–Kier alpha value is -3.84. The van der Waals surface area contributed by atoms with Gasteiger partial charge in [-0.3, -0.25) is 15.0 Å². The fraction of sp³-hybridized carbons (Fsp3) is 0.382. The zero-order valence-corrected chi connectivity index (χ0v) is 25.1. The predicted molar refractivity (Wildman–Crippen MR) is 169 cm³/mol. The van der Waals surface area contributed by atoms with E-state index in [0.29, 0.717) is 18.6 Å². The van der Waals surface area contributed by atoms with E-state index >= 15 is 0 Å². The molecule has 0 unspecified atom stereocenters. The van der Waals surface area contributed by atoms with Crippen molar-refractivity contribution in [2.24, 2.45) is 11.7 Å². The van der Waals surface area contributed by atoms with Crippen molar-refractivity contribution in [3.8, 4) is 16.9 Å². The lowest BCUT2D eigenvalue weighted by atomic mass is 9.97. The van der Waals surface area contributed by atoms with Gasteiger partial charge in [0, 0.05) is 24.4 Å². The van der Waals surface area contributed by atoms with Crippen LogP contribution < -0.4 is 10.5 Å². The maximum absolute atomic E-state index is 13.4. The number of ether oxygens (including phenoxy) is 2. The molecule has 1 aliphatic heterocycles. The van der Waals surface area contributed by atoms with Crippen molar-refractivity contribution in [2.45, 2.75) is 57.4 Å². The summed E-state index contributed by atoms with van der Waals surface area (Å²) in [4.78, 5) is 26.8. The van der Waals surface area contributed by atoms with Gasteiger partial charge in [0.05, 0.1) is 13.2 Å². The second kappa shape index (κ2) is 16.6. The maximum atomic E-state index is 13.4. The molecule has 2 atom stereocenters. The zero-order chi connectivity index (χ0) is 29.0. The van der Waals surface area contributed by atoms with E-state index in [4.69, 9.17) is 20.6 Å². The molecule has 0 bridgehead atoms. The van der Waals surface area contributed by atoms with Crippen molar-refractivity contribution in [1.29, 1.82) is 5.41 Å². The lowest BCUT2D eigenvalue weighted by Crippen LogP contribution is -2.38. The highest BCUT2D eigenvalue weighted by atomic mass is 35.5. The van der Waals surface area contributed by atoms with Crippen LogP contribution in [-0.4, -0.2) is 48.9 Å². The van der Waals surface area contributed by atoms with Gasteiger partial charge in [0.1, 0.15) is 18.2 Å². The van der Waals surface area contributed by atoms with Gasteiger partial charge in [-0.15, -0.1) is 12.4 Å². The Morgan fingerprint density at radius 3 is 2.24 bits per heavy atom. The van der Waals surface area contributed by atoms with Crippen LogP contribution in [0, 0.1) is 11.3 Å². The van der Waals surface area contributed by atoms with Crippen LogP contribution in [0.15, 0.2) is 78.9 Å². The minimum absolute atomic E-state index is 0. The summed E-state index contributed by atoms with van der Waals surface area (Å²) < 4.78 is 10.9. The molecule has 3 aromatic rings. The number of carbonyl (C=O) groups excluding carboxylic acids is 2. The van der Waals surface area contributed by atoms with Crippen molar-refractivity contribution in [2.75, 3.05) is 20.3 Å². The molecule has 0 aromatic heterocycles. The van der Waals surface area contributed by atoms with E-state index in [1.807, 2.05) is 59.5 Å². The number of esters is 1. The first-order valence-corrected chi connectivity index (χ1v) is 14.5. The van der Waals surface area contributed by atoms with E-state index in [1.165, 1.54) is 12.7 Å². The monoisotopic (exact) mass is 591 g/mol. The van der Waals surface area contributed by atoms with Crippen LogP contribution >= 0.6 is 12.4 Å². The Balaban J connectivity index is 0.00000484. The van der Waals surface area contributed by atoms with E-state index in [1.54, 1.807) is 0 Å². The van der Waals surface area contributed by atoms with Crippen molar-refractivity contribution in [1.82, 2.24) is 4.90 Å². The third-order valence-electron chi connectivity index (χ3n) is 7.82.